The van der Waals surface area contributed by atoms with Gasteiger partial charge in [-0.2, -0.15) is 0 Å². The van der Waals surface area contributed by atoms with Crippen LogP contribution in [0.2, 0.25) is 0 Å². The Labute approximate surface area is 160 Å². The summed E-state index contributed by atoms with van der Waals surface area (Å²) >= 11 is 0. The Morgan fingerprint density at radius 1 is 1.00 bits per heavy atom. The van der Waals surface area contributed by atoms with Crippen LogP contribution in [0.15, 0.2) is 46.4 Å². The molecular formula is C20H29N5O2. The molecule has 1 aromatic rings. The molecule has 0 bridgehead atoms. The zero-order valence-electron chi connectivity index (χ0n) is 16.1. The summed E-state index contributed by atoms with van der Waals surface area (Å²) in [5, 5.41) is 8.90. The van der Waals surface area contributed by atoms with Gasteiger partial charge in [0.1, 0.15) is 12.4 Å². The molecule has 146 valence electrons. The van der Waals surface area contributed by atoms with E-state index in [9.17, 15) is 0 Å². The molecule has 0 aromatic heterocycles. The van der Waals surface area contributed by atoms with Crippen LogP contribution in [0, 0.1) is 0 Å². The van der Waals surface area contributed by atoms with Gasteiger partial charge in [-0.3, -0.25) is 4.99 Å². The first kappa shape index (κ1) is 20.7. The van der Waals surface area contributed by atoms with Crippen LogP contribution in [-0.2, 0) is 0 Å². The van der Waals surface area contributed by atoms with Gasteiger partial charge in [0.2, 0.25) is 0 Å². The quantitative estimate of drug-likeness (QED) is 0.455. The number of rotatable bonds is 9. The fourth-order valence-corrected chi connectivity index (χ4v) is 2.61. The Kier molecular flexibility index (Phi) is 8.03. The maximum Gasteiger partial charge on any atom is 0.144 e. The zero-order chi connectivity index (χ0) is 19.6. The number of anilines is 2. The van der Waals surface area contributed by atoms with Crippen molar-refractivity contribution in [2.45, 2.75) is 13.8 Å². The average molecular weight is 371 g/mol. The average Bonchev–Trinajstić information content (AvgIpc) is 2.67. The van der Waals surface area contributed by atoms with Crippen molar-refractivity contribution in [3.8, 4) is 5.75 Å². The fourth-order valence-electron chi connectivity index (χ4n) is 2.61. The maximum absolute atomic E-state index is 8.90. The van der Waals surface area contributed by atoms with Crippen molar-refractivity contribution in [1.82, 2.24) is 4.90 Å². The van der Waals surface area contributed by atoms with Gasteiger partial charge in [-0.05, 0) is 43.5 Å². The predicted octanol–water partition coefficient (Wildman–Crippen LogP) is 2.20. The van der Waals surface area contributed by atoms with Gasteiger partial charge in [0, 0.05) is 12.6 Å². The SMILES string of the molecule is CCN(CC)CCN=C1C=CC(=Nc2cc(OCCO)c(N)cc2N)C=C1. The van der Waals surface area contributed by atoms with Gasteiger partial charge >= 0.3 is 0 Å². The van der Waals surface area contributed by atoms with Crippen molar-refractivity contribution in [3.63, 3.8) is 0 Å². The smallest absolute Gasteiger partial charge is 0.144 e. The van der Waals surface area contributed by atoms with E-state index < -0.39 is 0 Å². The number of aliphatic imine (C=N–C) groups is 2. The number of ether oxygens (including phenoxy) is 1. The lowest BCUT2D eigenvalue weighted by atomic mass is 10.1. The van der Waals surface area contributed by atoms with Crippen molar-refractivity contribution < 1.29 is 9.84 Å². The van der Waals surface area contributed by atoms with Gasteiger partial charge in [0.15, 0.2) is 0 Å². The zero-order valence-corrected chi connectivity index (χ0v) is 16.1. The molecule has 1 aliphatic carbocycles. The van der Waals surface area contributed by atoms with E-state index in [0.717, 1.165) is 37.6 Å². The van der Waals surface area contributed by atoms with E-state index in [4.69, 9.17) is 21.3 Å². The van der Waals surface area contributed by atoms with E-state index in [2.05, 4.69) is 28.7 Å². The second-order valence-corrected chi connectivity index (χ2v) is 6.06. The van der Waals surface area contributed by atoms with Crippen LogP contribution in [-0.4, -0.2) is 60.8 Å². The number of nitrogen functional groups attached to an aromatic ring is 2. The third-order valence-electron chi connectivity index (χ3n) is 4.21. The Morgan fingerprint density at radius 2 is 1.67 bits per heavy atom. The molecular weight excluding hydrogens is 342 g/mol. The maximum atomic E-state index is 8.90. The van der Waals surface area contributed by atoms with Gasteiger partial charge in [-0.25, -0.2) is 4.99 Å². The molecule has 7 heteroatoms. The molecule has 0 unspecified atom stereocenters. The molecule has 2 rings (SSSR count). The number of aliphatic hydroxyl groups is 1. The van der Waals surface area contributed by atoms with Crippen molar-refractivity contribution in [2.75, 3.05) is 50.9 Å². The highest BCUT2D eigenvalue weighted by molar-refractivity contribution is 6.19. The van der Waals surface area contributed by atoms with E-state index in [1.54, 1.807) is 12.1 Å². The first-order valence-corrected chi connectivity index (χ1v) is 9.21. The highest BCUT2D eigenvalue weighted by Gasteiger charge is 2.08. The molecule has 0 amide bonds. The minimum atomic E-state index is -0.0878. The monoisotopic (exact) mass is 371 g/mol. The Bertz CT molecular complexity index is 731. The van der Waals surface area contributed by atoms with Crippen LogP contribution in [0.1, 0.15) is 13.8 Å². The van der Waals surface area contributed by atoms with Crippen LogP contribution >= 0.6 is 0 Å². The molecule has 0 spiro atoms. The number of aliphatic hydroxyl groups excluding tert-OH is 1. The minimum absolute atomic E-state index is 0.0878. The summed E-state index contributed by atoms with van der Waals surface area (Å²) in [7, 11) is 0. The van der Waals surface area contributed by atoms with Crippen molar-refractivity contribution in [1.29, 1.82) is 0 Å². The largest absolute Gasteiger partial charge is 0.489 e. The van der Waals surface area contributed by atoms with E-state index in [1.807, 2.05) is 24.3 Å². The molecule has 27 heavy (non-hydrogen) atoms. The summed E-state index contributed by atoms with van der Waals surface area (Å²) in [5.41, 5.74) is 15.1. The Hall–Kier alpha value is -2.64. The van der Waals surface area contributed by atoms with Crippen LogP contribution < -0.4 is 16.2 Å². The first-order valence-electron chi connectivity index (χ1n) is 9.21. The molecule has 0 atom stereocenters. The van der Waals surface area contributed by atoms with Gasteiger partial charge in [-0.1, -0.05) is 13.8 Å². The van der Waals surface area contributed by atoms with Crippen molar-refractivity contribution in [3.05, 3.63) is 36.4 Å². The molecule has 0 fully saturated rings. The normalized spacial score (nSPS) is 13.3. The van der Waals surface area contributed by atoms with E-state index in [0.29, 0.717) is 22.8 Å². The highest BCUT2D eigenvalue weighted by Crippen LogP contribution is 2.33. The molecule has 5 N–H and O–H groups in total. The second-order valence-electron chi connectivity index (χ2n) is 6.06. The van der Waals surface area contributed by atoms with Crippen LogP contribution in [0.25, 0.3) is 0 Å². The lowest BCUT2D eigenvalue weighted by Crippen LogP contribution is -2.25. The molecule has 0 saturated heterocycles. The van der Waals surface area contributed by atoms with E-state index in [1.165, 1.54) is 0 Å². The number of nitrogens with two attached hydrogens (primary N) is 2. The molecule has 1 aromatic carbocycles. The van der Waals surface area contributed by atoms with Gasteiger partial charge in [0.05, 0.1) is 41.6 Å². The summed E-state index contributed by atoms with van der Waals surface area (Å²) in [6.45, 7) is 8.19. The van der Waals surface area contributed by atoms with Gasteiger partial charge < -0.3 is 26.2 Å². The van der Waals surface area contributed by atoms with Crippen molar-refractivity contribution >= 4 is 28.5 Å². The standard InChI is InChI=1S/C20H29N5O2/c1-3-25(4-2)10-9-23-15-5-7-16(8-6-15)24-19-14-20(27-12-11-26)18(22)13-17(19)21/h5-8,13-14,26H,3-4,9-12,21-22H2,1-2H3. The van der Waals surface area contributed by atoms with Crippen LogP contribution in [0.5, 0.6) is 5.75 Å². The van der Waals surface area contributed by atoms with Gasteiger partial charge in [0.25, 0.3) is 0 Å². The summed E-state index contributed by atoms with van der Waals surface area (Å²) in [5.74, 6) is 0.458. The van der Waals surface area contributed by atoms with Crippen LogP contribution in [0.3, 0.4) is 0 Å². The fraction of sp³-hybridized carbons (Fsp3) is 0.400. The third-order valence-corrected chi connectivity index (χ3v) is 4.21. The van der Waals surface area contributed by atoms with Gasteiger partial charge in [-0.15, -0.1) is 0 Å². The Balaban J connectivity index is 2.06. The third kappa shape index (κ3) is 6.23. The number of hydrogen-bond donors (Lipinski definition) is 3. The predicted molar refractivity (Wildman–Crippen MR) is 113 cm³/mol. The van der Waals surface area contributed by atoms with Crippen LogP contribution in [0.4, 0.5) is 17.1 Å². The Morgan fingerprint density at radius 3 is 2.30 bits per heavy atom. The topological polar surface area (TPSA) is 109 Å². The molecule has 7 nitrogen and oxygen atoms in total. The van der Waals surface area contributed by atoms with E-state index >= 15 is 0 Å². The van der Waals surface area contributed by atoms with Crippen molar-refractivity contribution in [2.24, 2.45) is 9.98 Å². The number of allylic oxidation sites excluding steroid dienone is 4. The van der Waals surface area contributed by atoms with E-state index in [-0.39, 0.29) is 13.2 Å². The number of hydrogen-bond acceptors (Lipinski definition) is 7. The number of nitrogens with zero attached hydrogens (tertiary/aromatic N) is 3. The summed E-state index contributed by atoms with van der Waals surface area (Å²) in [6, 6.07) is 3.30. The summed E-state index contributed by atoms with van der Waals surface area (Å²) in [4.78, 5) is 11.5. The number of likely N-dealkylation sites (N-methyl/N-ethyl adjacent to an activating group) is 1. The molecule has 0 aliphatic heterocycles. The minimum Gasteiger partial charge on any atom is -0.489 e. The first-order chi connectivity index (χ1) is 13.1. The molecule has 1 aliphatic rings. The summed E-state index contributed by atoms with van der Waals surface area (Å²) < 4.78 is 5.41. The summed E-state index contributed by atoms with van der Waals surface area (Å²) in [6.07, 6.45) is 7.69. The molecule has 0 radical (unpaired) electrons. The second kappa shape index (κ2) is 10.5. The molecule has 0 saturated carbocycles. The lowest BCUT2D eigenvalue weighted by Gasteiger charge is -2.16. The number of benzene rings is 1. The lowest BCUT2D eigenvalue weighted by molar-refractivity contribution is 0.202. The highest BCUT2D eigenvalue weighted by atomic mass is 16.5. The molecule has 0 heterocycles.